The van der Waals surface area contributed by atoms with Crippen molar-refractivity contribution in [1.29, 1.82) is 0 Å². The molecule has 3 atom stereocenters. The zero-order valence-electron chi connectivity index (χ0n) is 16.3. The third-order valence-corrected chi connectivity index (χ3v) is 5.35. The molecule has 3 rings (SSSR count). The number of amides is 2. The molecule has 7 heteroatoms. The molecule has 1 heterocycles. The van der Waals surface area contributed by atoms with E-state index in [4.69, 9.17) is 4.74 Å². The van der Waals surface area contributed by atoms with Gasteiger partial charge in [-0.1, -0.05) is 26.2 Å². The van der Waals surface area contributed by atoms with Gasteiger partial charge in [0.2, 0.25) is 11.8 Å². The van der Waals surface area contributed by atoms with E-state index in [0.717, 1.165) is 38.5 Å². The molecule has 1 saturated heterocycles. The number of anilines is 1. The number of carbonyl (C=O) groups excluding carboxylic acids is 3. The molecule has 0 bridgehead atoms. The fraction of sp³-hybridized carbons (Fsp3) is 0.571. The average Bonchev–Trinajstić information content (AvgIpc) is 2.69. The number of carbonyl (C=O) groups is 3. The highest BCUT2D eigenvalue weighted by molar-refractivity contribution is 5.96. The van der Waals surface area contributed by atoms with Crippen molar-refractivity contribution in [3.8, 4) is 0 Å². The molecule has 2 fully saturated rings. The second-order valence-electron chi connectivity index (χ2n) is 7.54. The minimum atomic E-state index is -0.507. The Morgan fingerprint density at radius 1 is 1.14 bits per heavy atom. The number of nitrogens with one attached hydrogen (secondary N) is 3. The van der Waals surface area contributed by atoms with Crippen LogP contribution in [0.1, 0.15) is 62.2 Å². The Hall–Kier alpha value is -2.41. The molecule has 7 nitrogen and oxygen atoms in total. The van der Waals surface area contributed by atoms with Crippen molar-refractivity contribution >= 4 is 23.5 Å². The van der Waals surface area contributed by atoms with Crippen LogP contribution in [0.3, 0.4) is 0 Å². The van der Waals surface area contributed by atoms with Gasteiger partial charge in [-0.15, -0.1) is 0 Å². The summed E-state index contributed by atoms with van der Waals surface area (Å²) in [6.45, 7) is 2.44. The van der Waals surface area contributed by atoms with Crippen molar-refractivity contribution in [3.63, 3.8) is 0 Å². The molecule has 1 saturated carbocycles. The minimum Gasteiger partial charge on any atom is -0.462 e. The van der Waals surface area contributed by atoms with Gasteiger partial charge in [-0.05, 0) is 43.5 Å². The van der Waals surface area contributed by atoms with Crippen molar-refractivity contribution in [2.24, 2.45) is 0 Å². The number of benzene rings is 1. The normalized spacial score (nSPS) is 24.0. The first-order valence-corrected chi connectivity index (χ1v) is 10.2. The van der Waals surface area contributed by atoms with E-state index < -0.39 is 6.04 Å². The van der Waals surface area contributed by atoms with Crippen LogP contribution in [0.4, 0.5) is 5.69 Å². The summed E-state index contributed by atoms with van der Waals surface area (Å²) >= 11 is 0. The van der Waals surface area contributed by atoms with Crippen LogP contribution in [0.2, 0.25) is 0 Å². The van der Waals surface area contributed by atoms with Crippen LogP contribution in [-0.4, -0.2) is 42.5 Å². The Morgan fingerprint density at radius 2 is 1.86 bits per heavy atom. The topological polar surface area (TPSA) is 96.5 Å². The largest absolute Gasteiger partial charge is 0.462 e. The summed E-state index contributed by atoms with van der Waals surface area (Å²) in [6.07, 6.45) is 6.19. The number of fused-ring (bicyclic) bond motifs is 1. The predicted octanol–water partition coefficient (Wildman–Crippen LogP) is 2.37. The van der Waals surface area contributed by atoms with Crippen LogP contribution in [0, 0.1) is 0 Å². The van der Waals surface area contributed by atoms with Gasteiger partial charge in [-0.3, -0.25) is 9.59 Å². The Kier molecular flexibility index (Phi) is 7.03. The molecular formula is C21H29N3O4. The number of ether oxygens (including phenoxy) is 1. The fourth-order valence-corrected chi connectivity index (χ4v) is 3.75. The number of unbranched alkanes of at least 4 members (excludes halogenated alkanes) is 1. The van der Waals surface area contributed by atoms with E-state index in [0.29, 0.717) is 17.9 Å². The quantitative estimate of drug-likeness (QED) is 0.493. The first-order valence-electron chi connectivity index (χ1n) is 10.2. The number of piperazine rings is 1. The van der Waals surface area contributed by atoms with Crippen LogP contribution in [0.25, 0.3) is 0 Å². The van der Waals surface area contributed by atoms with Gasteiger partial charge in [0.15, 0.2) is 0 Å². The lowest BCUT2D eigenvalue weighted by atomic mass is 9.87. The van der Waals surface area contributed by atoms with Crippen molar-refractivity contribution in [1.82, 2.24) is 10.6 Å². The molecule has 28 heavy (non-hydrogen) atoms. The number of hydrogen-bond acceptors (Lipinski definition) is 5. The highest BCUT2D eigenvalue weighted by Gasteiger charge is 2.36. The number of hydrogen-bond donors (Lipinski definition) is 3. The average molecular weight is 387 g/mol. The second-order valence-corrected chi connectivity index (χ2v) is 7.54. The van der Waals surface area contributed by atoms with Crippen molar-refractivity contribution in [3.05, 3.63) is 29.8 Å². The summed E-state index contributed by atoms with van der Waals surface area (Å²) in [6, 6.07) is 6.52. The van der Waals surface area contributed by atoms with E-state index in [-0.39, 0.29) is 36.3 Å². The van der Waals surface area contributed by atoms with E-state index in [1.807, 2.05) is 6.92 Å². The Balaban J connectivity index is 1.49. The maximum Gasteiger partial charge on any atom is 0.338 e. The molecule has 2 amide bonds. The van der Waals surface area contributed by atoms with E-state index >= 15 is 0 Å². The minimum absolute atomic E-state index is 0.0792. The van der Waals surface area contributed by atoms with Crippen LogP contribution in [-0.2, 0) is 14.3 Å². The molecule has 2 aliphatic rings. The van der Waals surface area contributed by atoms with E-state index in [9.17, 15) is 14.4 Å². The summed E-state index contributed by atoms with van der Waals surface area (Å²) < 4.78 is 5.17. The van der Waals surface area contributed by atoms with Crippen LogP contribution in [0.15, 0.2) is 24.3 Å². The predicted molar refractivity (Wildman–Crippen MR) is 106 cm³/mol. The van der Waals surface area contributed by atoms with E-state index in [1.54, 1.807) is 24.3 Å². The fourth-order valence-electron chi connectivity index (χ4n) is 3.75. The maximum atomic E-state index is 12.4. The highest BCUT2D eigenvalue weighted by Crippen LogP contribution is 2.22. The van der Waals surface area contributed by atoms with Crippen molar-refractivity contribution < 1.29 is 19.1 Å². The van der Waals surface area contributed by atoms with Gasteiger partial charge in [0.25, 0.3) is 0 Å². The lowest BCUT2D eigenvalue weighted by Crippen LogP contribution is -2.65. The highest BCUT2D eigenvalue weighted by atomic mass is 16.5. The molecule has 1 aromatic carbocycles. The van der Waals surface area contributed by atoms with Gasteiger partial charge in [0.05, 0.1) is 24.6 Å². The maximum absolute atomic E-state index is 12.4. The molecule has 1 aliphatic carbocycles. The first-order chi connectivity index (χ1) is 13.6. The first kappa shape index (κ1) is 20.3. The lowest BCUT2D eigenvalue weighted by molar-refractivity contribution is -0.129. The Labute approximate surface area is 165 Å². The molecule has 0 radical (unpaired) electrons. The summed E-state index contributed by atoms with van der Waals surface area (Å²) in [4.78, 5) is 36.5. The monoisotopic (exact) mass is 387 g/mol. The number of rotatable bonds is 7. The molecular weight excluding hydrogens is 358 g/mol. The lowest BCUT2D eigenvalue weighted by Gasteiger charge is -2.40. The van der Waals surface area contributed by atoms with Gasteiger partial charge < -0.3 is 20.7 Å². The van der Waals surface area contributed by atoms with Gasteiger partial charge in [0.1, 0.15) is 0 Å². The Bertz CT molecular complexity index is 704. The summed E-state index contributed by atoms with van der Waals surface area (Å²) in [5, 5.41) is 9.17. The van der Waals surface area contributed by atoms with Crippen LogP contribution in [0.5, 0.6) is 0 Å². The van der Waals surface area contributed by atoms with Crippen LogP contribution >= 0.6 is 0 Å². The molecule has 0 spiro atoms. The smallest absolute Gasteiger partial charge is 0.338 e. The molecule has 3 N–H and O–H groups in total. The van der Waals surface area contributed by atoms with E-state index in [2.05, 4.69) is 16.0 Å². The van der Waals surface area contributed by atoms with Crippen molar-refractivity contribution in [2.75, 3.05) is 11.9 Å². The zero-order valence-corrected chi connectivity index (χ0v) is 16.3. The zero-order chi connectivity index (χ0) is 19.9. The summed E-state index contributed by atoms with van der Waals surface area (Å²) in [7, 11) is 0. The molecule has 0 aromatic heterocycles. The standard InChI is InChI=1S/C21H29N3O4/c1-2-3-12-28-21(27)14-8-10-15(11-9-14)22-19(25)13-18-20(26)24-17-7-5-4-6-16(17)23-18/h8-11,16-18,23H,2-7,12-13H2,1H3,(H,22,25)(H,24,26)/t16-,17+,18-/m1/s1. The third-order valence-electron chi connectivity index (χ3n) is 5.35. The van der Waals surface area contributed by atoms with Crippen LogP contribution < -0.4 is 16.0 Å². The van der Waals surface area contributed by atoms with Gasteiger partial charge in [-0.2, -0.15) is 0 Å². The van der Waals surface area contributed by atoms with Gasteiger partial charge in [0, 0.05) is 17.8 Å². The van der Waals surface area contributed by atoms with Gasteiger partial charge >= 0.3 is 5.97 Å². The Morgan fingerprint density at radius 3 is 2.57 bits per heavy atom. The molecule has 1 aromatic rings. The second kappa shape index (κ2) is 9.68. The summed E-state index contributed by atoms with van der Waals surface area (Å²) in [5.74, 6) is -0.708. The van der Waals surface area contributed by atoms with Crippen molar-refractivity contribution in [2.45, 2.75) is 70.0 Å². The number of esters is 1. The van der Waals surface area contributed by atoms with Gasteiger partial charge in [-0.25, -0.2) is 4.79 Å². The molecule has 1 aliphatic heterocycles. The third kappa shape index (κ3) is 5.32. The SMILES string of the molecule is CCCCOC(=O)c1ccc(NC(=O)C[C@H]2N[C@@H]3CCCC[C@@H]3NC2=O)cc1. The summed E-state index contributed by atoms with van der Waals surface area (Å²) in [5.41, 5.74) is 1.03. The van der Waals surface area contributed by atoms with E-state index in [1.165, 1.54) is 0 Å². The molecule has 152 valence electrons. The molecule has 0 unspecified atom stereocenters.